The Morgan fingerprint density at radius 3 is 2.84 bits per heavy atom. The van der Waals surface area contributed by atoms with E-state index in [1.165, 1.54) is 19.3 Å². The van der Waals surface area contributed by atoms with Crippen LogP contribution in [0.2, 0.25) is 0 Å². The molecule has 2 rings (SSSR count). The number of likely N-dealkylation sites (tertiary alicyclic amines) is 1. The maximum Gasteiger partial charge on any atom is 0.329 e. The van der Waals surface area contributed by atoms with Crippen LogP contribution in [-0.4, -0.2) is 54.4 Å². The van der Waals surface area contributed by atoms with Gasteiger partial charge in [0, 0.05) is 19.1 Å². The number of hydrogen-bond acceptors (Lipinski definition) is 3. The summed E-state index contributed by atoms with van der Waals surface area (Å²) < 4.78 is 4.89. The van der Waals surface area contributed by atoms with Crippen molar-refractivity contribution in [2.24, 2.45) is 5.92 Å². The van der Waals surface area contributed by atoms with Crippen molar-refractivity contribution in [1.29, 1.82) is 0 Å². The first-order chi connectivity index (χ1) is 9.18. The fourth-order valence-electron chi connectivity index (χ4n) is 3.20. The van der Waals surface area contributed by atoms with E-state index in [2.05, 4.69) is 5.32 Å². The Kier molecular flexibility index (Phi) is 5.01. The number of aliphatic carboxylic acids is 1. The fourth-order valence-corrected chi connectivity index (χ4v) is 3.20. The summed E-state index contributed by atoms with van der Waals surface area (Å²) in [6.45, 7) is 1.12. The number of carboxylic acids is 1. The number of ether oxygens (including phenoxy) is 1. The molecular weight excluding hydrogens is 248 g/mol. The molecule has 6 heteroatoms. The van der Waals surface area contributed by atoms with Crippen molar-refractivity contribution in [1.82, 2.24) is 10.2 Å². The van der Waals surface area contributed by atoms with Crippen LogP contribution < -0.4 is 5.32 Å². The van der Waals surface area contributed by atoms with Gasteiger partial charge in [0.25, 0.3) is 0 Å². The standard InChI is InChI=1S/C13H22N2O4/c16-12(17)9-19-8-6-14-13(18)15-7-2-4-10-3-1-5-11(10)15/h10-11H,1-9H2,(H,14,18)(H,16,17). The lowest BCUT2D eigenvalue weighted by atomic mass is 9.92. The number of carbonyl (C=O) groups excluding carboxylic acids is 1. The molecule has 1 heterocycles. The smallest absolute Gasteiger partial charge is 0.329 e. The first kappa shape index (κ1) is 14.1. The third-order valence-electron chi connectivity index (χ3n) is 4.00. The first-order valence-corrected chi connectivity index (χ1v) is 7.02. The van der Waals surface area contributed by atoms with E-state index < -0.39 is 5.97 Å². The molecule has 1 saturated carbocycles. The second kappa shape index (κ2) is 6.75. The highest BCUT2D eigenvalue weighted by atomic mass is 16.5. The molecule has 2 amide bonds. The van der Waals surface area contributed by atoms with E-state index in [-0.39, 0.29) is 19.2 Å². The Hall–Kier alpha value is -1.30. The Morgan fingerprint density at radius 1 is 1.26 bits per heavy atom. The zero-order valence-corrected chi connectivity index (χ0v) is 11.1. The lowest BCUT2D eigenvalue weighted by molar-refractivity contribution is -0.142. The summed E-state index contributed by atoms with van der Waals surface area (Å²) in [5.74, 6) is -0.307. The SMILES string of the molecule is O=C(O)COCCNC(=O)N1CCCC2CCCC21. The average molecular weight is 270 g/mol. The van der Waals surface area contributed by atoms with Crippen LogP contribution in [0.5, 0.6) is 0 Å². The highest BCUT2D eigenvalue weighted by Gasteiger charge is 2.37. The highest BCUT2D eigenvalue weighted by molar-refractivity contribution is 5.74. The summed E-state index contributed by atoms with van der Waals surface area (Å²) in [5.41, 5.74) is 0. The van der Waals surface area contributed by atoms with E-state index in [4.69, 9.17) is 9.84 Å². The van der Waals surface area contributed by atoms with Gasteiger partial charge in [0.05, 0.1) is 6.61 Å². The van der Waals surface area contributed by atoms with Gasteiger partial charge in [0.15, 0.2) is 0 Å². The van der Waals surface area contributed by atoms with Gasteiger partial charge in [-0.15, -0.1) is 0 Å². The van der Waals surface area contributed by atoms with Gasteiger partial charge in [-0.1, -0.05) is 6.42 Å². The predicted octanol–water partition coefficient (Wildman–Crippen LogP) is 1.06. The largest absolute Gasteiger partial charge is 0.480 e. The molecule has 108 valence electrons. The van der Waals surface area contributed by atoms with Crippen molar-refractivity contribution in [2.75, 3.05) is 26.3 Å². The van der Waals surface area contributed by atoms with Gasteiger partial charge in [0.1, 0.15) is 6.61 Å². The number of carbonyl (C=O) groups is 2. The number of amides is 2. The minimum atomic E-state index is -0.990. The molecule has 1 aliphatic heterocycles. The van der Waals surface area contributed by atoms with E-state index >= 15 is 0 Å². The van der Waals surface area contributed by atoms with Crippen LogP contribution in [0.1, 0.15) is 32.1 Å². The molecule has 1 aliphatic carbocycles. The first-order valence-electron chi connectivity index (χ1n) is 7.02. The molecular formula is C13H22N2O4. The van der Waals surface area contributed by atoms with E-state index in [1.807, 2.05) is 4.90 Å². The number of nitrogens with zero attached hydrogens (tertiary/aromatic N) is 1. The van der Waals surface area contributed by atoms with Crippen molar-refractivity contribution in [3.63, 3.8) is 0 Å². The highest BCUT2D eigenvalue weighted by Crippen LogP contribution is 2.36. The molecule has 0 aromatic carbocycles. The van der Waals surface area contributed by atoms with Crippen LogP contribution in [-0.2, 0) is 9.53 Å². The topological polar surface area (TPSA) is 78.9 Å². The zero-order chi connectivity index (χ0) is 13.7. The third kappa shape index (κ3) is 3.83. The van der Waals surface area contributed by atoms with Gasteiger partial charge in [-0.05, 0) is 31.6 Å². The van der Waals surface area contributed by atoms with Crippen molar-refractivity contribution in [2.45, 2.75) is 38.1 Å². The molecule has 6 nitrogen and oxygen atoms in total. The number of urea groups is 1. The van der Waals surface area contributed by atoms with E-state index in [1.54, 1.807) is 0 Å². The Bertz CT molecular complexity index is 335. The minimum Gasteiger partial charge on any atom is -0.480 e. The number of piperidine rings is 1. The Balaban J connectivity index is 1.69. The van der Waals surface area contributed by atoms with Gasteiger partial charge in [-0.25, -0.2) is 9.59 Å². The summed E-state index contributed by atoms with van der Waals surface area (Å²) >= 11 is 0. The van der Waals surface area contributed by atoms with E-state index in [0.29, 0.717) is 18.5 Å². The van der Waals surface area contributed by atoms with Gasteiger partial charge in [0.2, 0.25) is 0 Å². The number of nitrogens with one attached hydrogen (secondary N) is 1. The lowest BCUT2D eigenvalue weighted by Gasteiger charge is -2.37. The minimum absolute atomic E-state index is 0.0319. The molecule has 19 heavy (non-hydrogen) atoms. The summed E-state index contributed by atoms with van der Waals surface area (Å²) in [6, 6.07) is 0.379. The van der Waals surface area contributed by atoms with Crippen molar-refractivity contribution < 1.29 is 19.4 Å². The van der Waals surface area contributed by atoms with Gasteiger partial charge >= 0.3 is 12.0 Å². The van der Waals surface area contributed by atoms with Crippen LogP contribution in [0.4, 0.5) is 4.79 Å². The third-order valence-corrected chi connectivity index (χ3v) is 4.00. The molecule has 0 bridgehead atoms. The van der Waals surface area contributed by atoms with Crippen molar-refractivity contribution in [3.05, 3.63) is 0 Å². The molecule has 0 radical (unpaired) electrons. The van der Waals surface area contributed by atoms with Gasteiger partial charge in [-0.2, -0.15) is 0 Å². The predicted molar refractivity (Wildman–Crippen MR) is 68.9 cm³/mol. The number of carboxylic acid groups (broad SMARTS) is 1. The molecule has 0 aromatic heterocycles. The molecule has 0 aromatic rings. The molecule has 2 N–H and O–H groups in total. The van der Waals surface area contributed by atoms with Crippen LogP contribution in [0.3, 0.4) is 0 Å². The Morgan fingerprint density at radius 2 is 2.05 bits per heavy atom. The summed E-state index contributed by atoms with van der Waals surface area (Å²) in [7, 11) is 0. The molecule has 1 saturated heterocycles. The van der Waals surface area contributed by atoms with E-state index in [0.717, 1.165) is 19.4 Å². The van der Waals surface area contributed by atoms with Crippen molar-refractivity contribution in [3.8, 4) is 0 Å². The Labute approximate surface area is 113 Å². The molecule has 2 atom stereocenters. The molecule has 2 unspecified atom stereocenters. The van der Waals surface area contributed by atoms with Crippen LogP contribution in [0.15, 0.2) is 0 Å². The van der Waals surface area contributed by atoms with Crippen LogP contribution in [0, 0.1) is 5.92 Å². The van der Waals surface area contributed by atoms with Crippen LogP contribution >= 0.6 is 0 Å². The summed E-state index contributed by atoms with van der Waals surface area (Å²) in [4.78, 5) is 24.3. The summed E-state index contributed by atoms with van der Waals surface area (Å²) in [5, 5.41) is 11.2. The van der Waals surface area contributed by atoms with E-state index in [9.17, 15) is 9.59 Å². The second-order valence-electron chi connectivity index (χ2n) is 5.27. The second-order valence-corrected chi connectivity index (χ2v) is 5.27. The quantitative estimate of drug-likeness (QED) is 0.732. The molecule has 2 aliphatic rings. The number of rotatable bonds is 5. The van der Waals surface area contributed by atoms with Gasteiger partial charge < -0.3 is 20.1 Å². The number of hydrogen-bond donors (Lipinski definition) is 2. The molecule has 2 fully saturated rings. The van der Waals surface area contributed by atoms with Gasteiger partial charge in [-0.3, -0.25) is 0 Å². The van der Waals surface area contributed by atoms with Crippen molar-refractivity contribution >= 4 is 12.0 Å². The number of fused-ring (bicyclic) bond motifs is 1. The zero-order valence-electron chi connectivity index (χ0n) is 11.1. The maximum atomic E-state index is 12.1. The fraction of sp³-hybridized carbons (Fsp3) is 0.846. The maximum absolute atomic E-state index is 12.1. The summed E-state index contributed by atoms with van der Waals surface area (Å²) in [6.07, 6.45) is 5.92. The normalized spacial score (nSPS) is 26.0. The molecule has 0 spiro atoms. The van der Waals surface area contributed by atoms with Crippen LogP contribution in [0.25, 0.3) is 0 Å². The lowest BCUT2D eigenvalue weighted by Crippen LogP contribution is -2.51. The average Bonchev–Trinajstić information content (AvgIpc) is 2.85. The monoisotopic (exact) mass is 270 g/mol.